The van der Waals surface area contributed by atoms with Crippen LogP contribution >= 0.6 is 11.3 Å². The third-order valence-electron chi connectivity index (χ3n) is 2.33. The van der Waals surface area contributed by atoms with Gasteiger partial charge in [0.15, 0.2) is 0 Å². The Morgan fingerprint density at radius 1 is 1.31 bits per heavy atom. The molecule has 2 aromatic rings. The zero-order valence-corrected chi connectivity index (χ0v) is 9.42. The Kier molecular flexibility index (Phi) is 2.75. The Labute approximate surface area is 99.5 Å². The van der Waals surface area contributed by atoms with Crippen LogP contribution in [-0.2, 0) is 0 Å². The molecule has 0 bridgehead atoms. The molecule has 2 radical (unpaired) electrons. The van der Waals surface area contributed by atoms with Crippen LogP contribution in [0, 0.1) is 0 Å². The average Bonchev–Trinajstić information content (AvgIpc) is 2.61. The minimum Gasteiger partial charge on any atom is -0.508 e. The van der Waals surface area contributed by atoms with Crippen LogP contribution in [0.15, 0.2) is 36.2 Å². The van der Waals surface area contributed by atoms with Gasteiger partial charge in [-0.3, -0.25) is 0 Å². The maximum Gasteiger partial charge on any atom is 0.119 e. The highest BCUT2D eigenvalue weighted by molar-refractivity contribution is 7.14. The van der Waals surface area contributed by atoms with Crippen molar-refractivity contribution in [1.29, 1.82) is 0 Å². The van der Waals surface area contributed by atoms with Crippen molar-refractivity contribution in [1.82, 2.24) is 0 Å². The molecule has 0 saturated carbocycles. The van der Waals surface area contributed by atoms with E-state index in [0.29, 0.717) is 16.0 Å². The summed E-state index contributed by atoms with van der Waals surface area (Å²) in [4.78, 5) is 0. The summed E-state index contributed by atoms with van der Waals surface area (Å²) in [6.45, 7) is 3.52. The molecule has 2 rings (SSSR count). The minimum atomic E-state index is -0.00873. The van der Waals surface area contributed by atoms with Crippen LogP contribution in [-0.4, -0.2) is 13.0 Å². The van der Waals surface area contributed by atoms with E-state index in [1.807, 2.05) is 29.6 Å². The first-order valence-corrected chi connectivity index (χ1v) is 5.58. The molecule has 0 spiro atoms. The standard InChI is InChI=1S/C12H10BNOS/c1-7(15)11-10(6-16-12(11)14)8-2-4-9(13)5-3-8/h2-6,15H,1,14H2. The van der Waals surface area contributed by atoms with Gasteiger partial charge in [0, 0.05) is 10.9 Å². The van der Waals surface area contributed by atoms with Gasteiger partial charge in [-0.05, 0) is 5.56 Å². The quantitative estimate of drug-likeness (QED) is 0.610. The summed E-state index contributed by atoms with van der Waals surface area (Å²) in [5.41, 5.74) is 8.94. The molecular formula is C12H10BNOS. The molecule has 4 heteroatoms. The Morgan fingerprint density at radius 3 is 2.50 bits per heavy atom. The first kappa shape index (κ1) is 10.8. The fourth-order valence-electron chi connectivity index (χ4n) is 1.55. The summed E-state index contributed by atoms with van der Waals surface area (Å²) in [5.74, 6) is -0.00873. The van der Waals surface area contributed by atoms with Gasteiger partial charge in [-0.25, -0.2) is 0 Å². The zero-order chi connectivity index (χ0) is 11.7. The van der Waals surface area contributed by atoms with Gasteiger partial charge in [-0.2, -0.15) is 0 Å². The molecule has 78 valence electrons. The molecule has 0 unspecified atom stereocenters. The van der Waals surface area contributed by atoms with Crippen molar-refractivity contribution in [2.45, 2.75) is 0 Å². The monoisotopic (exact) mass is 227 g/mol. The normalized spacial score (nSPS) is 10.2. The predicted octanol–water partition coefficient (Wildman–Crippen LogP) is 2.32. The number of hydrogen-bond acceptors (Lipinski definition) is 3. The number of aliphatic hydroxyl groups excluding tert-OH is 1. The first-order chi connectivity index (χ1) is 7.59. The van der Waals surface area contributed by atoms with Crippen molar-refractivity contribution >= 4 is 35.4 Å². The lowest BCUT2D eigenvalue weighted by molar-refractivity contribution is 0.515. The molecule has 3 N–H and O–H groups in total. The van der Waals surface area contributed by atoms with Gasteiger partial charge in [-0.15, -0.1) is 11.3 Å². The lowest BCUT2D eigenvalue weighted by Gasteiger charge is -2.04. The lowest BCUT2D eigenvalue weighted by atomic mass is 9.93. The molecule has 0 saturated heterocycles. The van der Waals surface area contributed by atoms with Crippen LogP contribution < -0.4 is 11.2 Å². The zero-order valence-electron chi connectivity index (χ0n) is 8.60. The number of nitrogens with two attached hydrogens (primary N) is 1. The minimum absolute atomic E-state index is 0.00873. The second kappa shape index (κ2) is 4.06. The summed E-state index contributed by atoms with van der Waals surface area (Å²) >= 11 is 1.38. The van der Waals surface area contributed by atoms with Gasteiger partial charge >= 0.3 is 0 Å². The highest BCUT2D eigenvalue weighted by atomic mass is 32.1. The smallest absolute Gasteiger partial charge is 0.119 e. The SMILES string of the molecule is [B]c1ccc(-c2csc(N)c2C(=C)O)cc1. The number of benzene rings is 1. The molecule has 1 aromatic carbocycles. The van der Waals surface area contributed by atoms with E-state index < -0.39 is 0 Å². The maximum absolute atomic E-state index is 9.50. The number of anilines is 1. The molecule has 1 heterocycles. The van der Waals surface area contributed by atoms with E-state index >= 15 is 0 Å². The molecule has 1 aromatic heterocycles. The summed E-state index contributed by atoms with van der Waals surface area (Å²) in [7, 11) is 5.62. The summed E-state index contributed by atoms with van der Waals surface area (Å²) in [6, 6.07) is 7.41. The van der Waals surface area contributed by atoms with Crippen molar-refractivity contribution in [2.24, 2.45) is 0 Å². The van der Waals surface area contributed by atoms with Crippen LogP contribution in [0.5, 0.6) is 0 Å². The third kappa shape index (κ3) is 1.84. The molecule has 0 atom stereocenters. The van der Waals surface area contributed by atoms with Crippen molar-refractivity contribution < 1.29 is 5.11 Å². The Hall–Kier alpha value is -1.68. The van der Waals surface area contributed by atoms with Crippen LogP contribution in [0.25, 0.3) is 16.9 Å². The molecule has 0 aliphatic carbocycles. The second-order valence-corrected chi connectivity index (χ2v) is 4.37. The van der Waals surface area contributed by atoms with Gasteiger partial charge in [0.1, 0.15) is 13.6 Å². The highest BCUT2D eigenvalue weighted by Crippen LogP contribution is 2.36. The Bertz CT molecular complexity index is 530. The predicted molar refractivity (Wildman–Crippen MR) is 71.2 cm³/mol. The number of rotatable bonds is 2. The summed E-state index contributed by atoms with van der Waals surface area (Å²) in [5, 5.41) is 12.0. The molecule has 2 nitrogen and oxygen atoms in total. The van der Waals surface area contributed by atoms with Crippen LogP contribution in [0.2, 0.25) is 0 Å². The second-order valence-electron chi connectivity index (χ2n) is 3.46. The first-order valence-electron chi connectivity index (χ1n) is 4.70. The van der Waals surface area contributed by atoms with Gasteiger partial charge in [0.2, 0.25) is 0 Å². The van der Waals surface area contributed by atoms with Crippen molar-refractivity contribution in [2.75, 3.05) is 5.73 Å². The number of nitrogen functional groups attached to an aromatic ring is 1. The van der Waals surface area contributed by atoms with Crippen LogP contribution in [0.3, 0.4) is 0 Å². The highest BCUT2D eigenvalue weighted by Gasteiger charge is 2.13. The van der Waals surface area contributed by atoms with Gasteiger partial charge in [0.25, 0.3) is 0 Å². The number of thiophene rings is 1. The van der Waals surface area contributed by atoms with Crippen molar-refractivity contribution in [3.8, 4) is 11.1 Å². The Morgan fingerprint density at radius 2 is 1.94 bits per heavy atom. The Balaban J connectivity index is 2.56. The molecule has 0 fully saturated rings. The molecule has 0 amide bonds. The third-order valence-corrected chi connectivity index (χ3v) is 3.14. The molecule has 16 heavy (non-hydrogen) atoms. The van der Waals surface area contributed by atoms with Crippen LogP contribution in [0.1, 0.15) is 5.56 Å². The molecule has 0 aliphatic heterocycles. The van der Waals surface area contributed by atoms with Gasteiger partial charge < -0.3 is 10.8 Å². The average molecular weight is 227 g/mol. The van der Waals surface area contributed by atoms with E-state index in [4.69, 9.17) is 13.6 Å². The topological polar surface area (TPSA) is 46.2 Å². The largest absolute Gasteiger partial charge is 0.508 e. The van der Waals surface area contributed by atoms with E-state index in [1.165, 1.54) is 11.3 Å². The molecule has 0 aliphatic rings. The van der Waals surface area contributed by atoms with E-state index in [9.17, 15) is 5.11 Å². The fourth-order valence-corrected chi connectivity index (χ4v) is 2.39. The summed E-state index contributed by atoms with van der Waals surface area (Å²) < 4.78 is 0. The fraction of sp³-hybridized carbons (Fsp3) is 0. The summed E-state index contributed by atoms with van der Waals surface area (Å²) in [6.07, 6.45) is 0. The van der Waals surface area contributed by atoms with Crippen LogP contribution in [0.4, 0.5) is 5.00 Å². The van der Waals surface area contributed by atoms with Gasteiger partial charge in [0.05, 0.1) is 10.6 Å². The molecular weight excluding hydrogens is 217 g/mol. The van der Waals surface area contributed by atoms with E-state index in [0.717, 1.165) is 11.1 Å². The number of hydrogen-bond donors (Lipinski definition) is 2. The van der Waals surface area contributed by atoms with Crippen molar-refractivity contribution in [3.05, 3.63) is 41.8 Å². The van der Waals surface area contributed by atoms with Crippen molar-refractivity contribution in [3.63, 3.8) is 0 Å². The maximum atomic E-state index is 9.50. The van der Waals surface area contributed by atoms with E-state index in [1.54, 1.807) is 0 Å². The van der Waals surface area contributed by atoms with E-state index in [2.05, 4.69) is 6.58 Å². The lowest BCUT2D eigenvalue weighted by Crippen LogP contribution is -1.99. The van der Waals surface area contributed by atoms with E-state index in [-0.39, 0.29) is 5.76 Å². The number of aliphatic hydroxyl groups is 1. The van der Waals surface area contributed by atoms with Gasteiger partial charge in [-0.1, -0.05) is 36.3 Å².